The standard InChI is InChI=1S/C15H8F3N5O/c16-15(17,18)9-1-2-13-11(5-9)22-14(24-13)10-3-4-19-6-12(10)23-8-20-7-21-23/h1-8H. The fourth-order valence-electron chi connectivity index (χ4n) is 2.30. The van der Waals surface area contributed by atoms with E-state index in [4.69, 9.17) is 4.42 Å². The van der Waals surface area contributed by atoms with Gasteiger partial charge < -0.3 is 4.42 Å². The molecule has 1 aromatic carbocycles. The maximum atomic E-state index is 12.8. The molecule has 4 aromatic rings. The minimum absolute atomic E-state index is 0.126. The highest BCUT2D eigenvalue weighted by Gasteiger charge is 2.31. The van der Waals surface area contributed by atoms with Crippen molar-refractivity contribution in [1.29, 1.82) is 0 Å². The molecule has 0 saturated heterocycles. The third kappa shape index (κ3) is 2.39. The van der Waals surface area contributed by atoms with E-state index in [1.165, 1.54) is 29.6 Å². The molecule has 0 radical (unpaired) electrons. The lowest BCUT2D eigenvalue weighted by molar-refractivity contribution is -0.137. The van der Waals surface area contributed by atoms with Crippen molar-refractivity contribution in [3.63, 3.8) is 0 Å². The summed E-state index contributed by atoms with van der Waals surface area (Å²) in [7, 11) is 0. The van der Waals surface area contributed by atoms with Gasteiger partial charge in [-0.2, -0.15) is 18.3 Å². The van der Waals surface area contributed by atoms with Crippen molar-refractivity contribution in [3.05, 3.63) is 54.9 Å². The molecule has 0 aliphatic carbocycles. The van der Waals surface area contributed by atoms with Gasteiger partial charge in [-0.3, -0.25) is 4.98 Å². The molecule has 0 amide bonds. The van der Waals surface area contributed by atoms with Crippen molar-refractivity contribution in [2.75, 3.05) is 0 Å². The van der Waals surface area contributed by atoms with E-state index in [1.807, 2.05) is 0 Å². The van der Waals surface area contributed by atoms with Crippen LogP contribution in [0.15, 0.2) is 53.7 Å². The quantitative estimate of drug-likeness (QED) is 0.562. The molecule has 0 aliphatic heterocycles. The minimum atomic E-state index is -4.43. The molecule has 0 spiro atoms. The number of alkyl halides is 3. The van der Waals surface area contributed by atoms with Crippen molar-refractivity contribution >= 4 is 11.1 Å². The second-order valence-electron chi connectivity index (χ2n) is 4.93. The number of halogens is 3. The number of aromatic nitrogens is 5. The SMILES string of the molecule is FC(F)(F)c1ccc2oc(-c3ccncc3-n3cncn3)nc2c1. The maximum absolute atomic E-state index is 12.8. The first-order valence-electron chi connectivity index (χ1n) is 6.79. The normalized spacial score (nSPS) is 12.0. The molecule has 0 fully saturated rings. The number of fused-ring (bicyclic) bond motifs is 1. The molecule has 0 unspecified atom stereocenters. The van der Waals surface area contributed by atoms with Gasteiger partial charge in [0.1, 0.15) is 18.2 Å². The number of oxazole rings is 1. The Kier molecular flexibility index (Phi) is 3.08. The van der Waals surface area contributed by atoms with Gasteiger partial charge in [-0.1, -0.05) is 0 Å². The number of benzene rings is 1. The first kappa shape index (κ1) is 14.4. The second-order valence-corrected chi connectivity index (χ2v) is 4.93. The molecule has 4 rings (SSSR count). The third-order valence-electron chi connectivity index (χ3n) is 3.41. The monoisotopic (exact) mass is 331 g/mol. The Morgan fingerprint density at radius 1 is 1.08 bits per heavy atom. The lowest BCUT2D eigenvalue weighted by Gasteiger charge is -2.04. The van der Waals surface area contributed by atoms with Gasteiger partial charge in [0, 0.05) is 6.20 Å². The number of rotatable bonds is 2. The van der Waals surface area contributed by atoms with Crippen molar-refractivity contribution in [3.8, 4) is 17.1 Å². The van der Waals surface area contributed by atoms with E-state index < -0.39 is 11.7 Å². The van der Waals surface area contributed by atoms with Gasteiger partial charge in [-0.15, -0.1) is 0 Å². The number of hydrogen-bond acceptors (Lipinski definition) is 5. The average Bonchev–Trinajstić information content (AvgIpc) is 3.22. The molecular weight excluding hydrogens is 323 g/mol. The summed E-state index contributed by atoms with van der Waals surface area (Å²) in [5, 5.41) is 4.02. The van der Waals surface area contributed by atoms with Crippen molar-refractivity contribution in [2.45, 2.75) is 6.18 Å². The van der Waals surface area contributed by atoms with Crippen LogP contribution in [0.1, 0.15) is 5.56 Å². The summed E-state index contributed by atoms with van der Waals surface area (Å²) in [5.74, 6) is 0.178. The van der Waals surface area contributed by atoms with E-state index in [0.29, 0.717) is 11.3 Å². The lowest BCUT2D eigenvalue weighted by Crippen LogP contribution is -2.03. The zero-order chi connectivity index (χ0) is 16.7. The Balaban J connectivity index is 1.86. The Labute approximate surface area is 132 Å². The first-order chi connectivity index (χ1) is 11.5. The van der Waals surface area contributed by atoms with Crippen molar-refractivity contribution in [2.24, 2.45) is 0 Å². The van der Waals surface area contributed by atoms with Crippen LogP contribution in [0, 0.1) is 0 Å². The number of hydrogen-bond donors (Lipinski definition) is 0. The van der Waals surface area contributed by atoms with Crippen LogP contribution in [-0.4, -0.2) is 24.7 Å². The summed E-state index contributed by atoms with van der Waals surface area (Å²) in [5.41, 5.74) is 0.708. The molecule has 6 nitrogen and oxygen atoms in total. The number of nitrogens with zero attached hydrogens (tertiary/aromatic N) is 5. The smallest absolute Gasteiger partial charge is 0.416 e. The summed E-state index contributed by atoms with van der Waals surface area (Å²) in [6, 6.07) is 4.82. The molecule has 120 valence electrons. The lowest BCUT2D eigenvalue weighted by atomic mass is 10.2. The minimum Gasteiger partial charge on any atom is -0.436 e. The number of pyridine rings is 1. The summed E-state index contributed by atoms with van der Waals surface area (Å²) < 4.78 is 45.5. The Morgan fingerprint density at radius 2 is 1.96 bits per heavy atom. The Hall–Kier alpha value is -3.23. The second kappa shape index (κ2) is 5.15. The Bertz CT molecular complexity index is 1010. The van der Waals surface area contributed by atoms with Crippen molar-refractivity contribution in [1.82, 2.24) is 24.7 Å². The molecule has 0 bridgehead atoms. The van der Waals surface area contributed by atoms with Crippen LogP contribution < -0.4 is 0 Å². The van der Waals surface area contributed by atoms with Crippen molar-refractivity contribution < 1.29 is 17.6 Å². The largest absolute Gasteiger partial charge is 0.436 e. The van der Waals surface area contributed by atoms with Crippen LogP contribution >= 0.6 is 0 Å². The van der Waals surface area contributed by atoms with Crippen LogP contribution in [0.3, 0.4) is 0 Å². The fourth-order valence-corrected chi connectivity index (χ4v) is 2.30. The fraction of sp³-hybridized carbons (Fsp3) is 0.0667. The van der Waals surface area contributed by atoms with Gasteiger partial charge in [-0.05, 0) is 24.3 Å². The van der Waals surface area contributed by atoms with E-state index in [2.05, 4.69) is 20.1 Å². The van der Waals surface area contributed by atoms with E-state index in [9.17, 15) is 13.2 Å². The van der Waals surface area contributed by atoms with E-state index in [-0.39, 0.29) is 17.0 Å². The molecule has 3 aromatic heterocycles. The van der Waals surface area contributed by atoms with Crippen LogP contribution in [-0.2, 0) is 6.18 Å². The summed E-state index contributed by atoms with van der Waals surface area (Å²) in [6.07, 6.45) is 1.48. The predicted octanol–water partition coefficient (Wildman–Crippen LogP) is 3.49. The molecule has 24 heavy (non-hydrogen) atoms. The zero-order valence-corrected chi connectivity index (χ0v) is 11.9. The van der Waals surface area contributed by atoms with E-state index in [0.717, 1.165) is 12.1 Å². The van der Waals surface area contributed by atoms with E-state index >= 15 is 0 Å². The van der Waals surface area contributed by atoms with Gasteiger partial charge in [0.15, 0.2) is 5.58 Å². The van der Waals surface area contributed by atoms with Crippen LogP contribution in [0.5, 0.6) is 0 Å². The highest BCUT2D eigenvalue weighted by atomic mass is 19.4. The van der Waals surface area contributed by atoms with Crippen LogP contribution in [0.25, 0.3) is 28.2 Å². The topological polar surface area (TPSA) is 69.6 Å². The molecule has 0 aliphatic rings. The maximum Gasteiger partial charge on any atom is 0.416 e. The molecule has 0 saturated carbocycles. The highest BCUT2D eigenvalue weighted by molar-refractivity contribution is 5.78. The molecule has 9 heteroatoms. The molecular formula is C15H8F3N5O. The van der Waals surface area contributed by atoms with Crippen LogP contribution in [0.2, 0.25) is 0 Å². The van der Waals surface area contributed by atoms with Gasteiger partial charge >= 0.3 is 6.18 Å². The average molecular weight is 331 g/mol. The van der Waals surface area contributed by atoms with Gasteiger partial charge in [0.2, 0.25) is 5.89 Å². The summed E-state index contributed by atoms with van der Waals surface area (Å²) in [6.45, 7) is 0. The van der Waals surface area contributed by atoms with Gasteiger partial charge in [-0.25, -0.2) is 14.6 Å². The van der Waals surface area contributed by atoms with E-state index in [1.54, 1.807) is 12.3 Å². The zero-order valence-electron chi connectivity index (χ0n) is 11.9. The predicted molar refractivity (Wildman–Crippen MR) is 77.2 cm³/mol. The molecule has 3 heterocycles. The molecule has 0 atom stereocenters. The van der Waals surface area contributed by atoms with Gasteiger partial charge in [0.05, 0.1) is 23.0 Å². The summed E-state index contributed by atoms with van der Waals surface area (Å²) >= 11 is 0. The van der Waals surface area contributed by atoms with Gasteiger partial charge in [0.25, 0.3) is 0 Å². The highest BCUT2D eigenvalue weighted by Crippen LogP contribution is 2.33. The first-order valence-corrected chi connectivity index (χ1v) is 6.79. The third-order valence-corrected chi connectivity index (χ3v) is 3.41. The summed E-state index contributed by atoms with van der Waals surface area (Å²) in [4.78, 5) is 12.1. The molecule has 0 N–H and O–H groups in total. The Morgan fingerprint density at radius 3 is 2.71 bits per heavy atom. The van der Waals surface area contributed by atoms with Crippen LogP contribution in [0.4, 0.5) is 13.2 Å².